The quantitative estimate of drug-likeness (QED) is 0.620. The molecule has 0 saturated heterocycles. The molecule has 0 spiro atoms. The highest BCUT2D eigenvalue weighted by Gasteiger charge is 2.01. The molecule has 0 unspecified atom stereocenters. The Balaban J connectivity index is 0.000000162. The summed E-state index contributed by atoms with van der Waals surface area (Å²) in [6, 6.07) is 1.58. The van der Waals surface area contributed by atoms with Crippen molar-refractivity contribution in [3.63, 3.8) is 0 Å². The number of carboxylic acid groups (broad SMARTS) is 1. The SMILES string of the molecule is O=C(O)c1ncncn1.Oc1cc[nH]c1. The smallest absolute Gasteiger partial charge is 0.374 e. The third kappa shape index (κ3) is 3.85. The van der Waals surface area contributed by atoms with Gasteiger partial charge in [0.1, 0.15) is 18.4 Å². The Morgan fingerprint density at radius 3 is 2.27 bits per heavy atom. The molecule has 15 heavy (non-hydrogen) atoms. The van der Waals surface area contributed by atoms with Gasteiger partial charge in [0.05, 0.1) is 0 Å². The van der Waals surface area contributed by atoms with Crippen molar-refractivity contribution >= 4 is 5.97 Å². The van der Waals surface area contributed by atoms with Crippen molar-refractivity contribution in [2.75, 3.05) is 0 Å². The van der Waals surface area contributed by atoms with Gasteiger partial charge in [-0.2, -0.15) is 0 Å². The minimum Gasteiger partial charge on any atom is -0.506 e. The Morgan fingerprint density at radius 1 is 1.33 bits per heavy atom. The molecule has 2 rings (SSSR count). The van der Waals surface area contributed by atoms with Crippen molar-refractivity contribution in [3.05, 3.63) is 36.9 Å². The second kappa shape index (κ2) is 5.32. The summed E-state index contributed by atoms with van der Waals surface area (Å²) in [5.74, 6) is -1.09. The number of aromatic hydroxyl groups is 1. The fourth-order valence-corrected chi connectivity index (χ4v) is 0.665. The molecule has 0 aromatic carbocycles. The third-order valence-electron chi connectivity index (χ3n) is 1.27. The van der Waals surface area contributed by atoms with Crippen LogP contribution in [-0.4, -0.2) is 36.1 Å². The number of hydrogen-bond acceptors (Lipinski definition) is 5. The van der Waals surface area contributed by atoms with E-state index in [2.05, 4.69) is 19.9 Å². The lowest BCUT2D eigenvalue weighted by atomic mass is 10.6. The van der Waals surface area contributed by atoms with E-state index in [1.807, 2.05) is 0 Å². The summed E-state index contributed by atoms with van der Waals surface area (Å²) in [6.45, 7) is 0. The van der Waals surface area contributed by atoms with Crippen molar-refractivity contribution in [3.8, 4) is 5.75 Å². The van der Waals surface area contributed by atoms with Crippen LogP contribution < -0.4 is 0 Å². The molecule has 0 radical (unpaired) electrons. The topological polar surface area (TPSA) is 112 Å². The molecule has 0 saturated carbocycles. The molecule has 2 aromatic heterocycles. The predicted molar refractivity (Wildman–Crippen MR) is 49.2 cm³/mol. The number of aromatic amines is 1. The van der Waals surface area contributed by atoms with Crippen LogP contribution in [0, 0.1) is 0 Å². The van der Waals surface area contributed by atoms with Crippen LogP contribution in [0.2, 0.25) is 0 Å². The highest BCUT2D eigenvalue weighted by Crippen LogP contribution is 2.00. The minimum atomic E-state index is -1.14. The average molecular weight is 208 g/mol. The summed E-state index contributed by atoms with van der Waals surface area (Å²) in [4.78, 5) is 22.9. The Labute approximate surface area is 84.5 Å². The minimum absolute atomic E-state index is 0.231. The fourth-order valence-electron chi connectivity index (χ4n) is 0.665. The zero-order valence-corrected chi connectivity index (χ0v) is 7.53. The molecule has 7 nitrogen and oxygen atoms in total. The van der Waals surface area contributed by atoms with E-state index >= 15 is 0 Å². The van der Waals surface area contributed by atoms with E-state index in [4.69, 9.17) is 10.2 Å². The summed E-state index contributed by atoms with van der Waals surface area (Å²) in [5.41, 5.74) is 0. The first-order chi connectivity index (χ1) is 7.20. The highest BCUT2D eigenvalue weighted by atomic mass is 16.4. The van der Waals surface area contributed by atoms with Gasteiger partial charge in [0.25, 0.3) is 0 Å². The number of rotatable bonds is 1. The van der Waals surface area contributed by atoms with Crippen LogP contribution in [0.25, 0.3) is 0 Å². The van der Waals surface area contributed by atoms with Crippen LogP contribution in [0.3, 0.4) is 0 Å². The molecule has 0 aliphatic rings. The third-order valence-corrected chi connectivity index (χ3v) is 1.27. The first-order valence-electron chi connectivity index (χ1n) is 3.87. The number of hydrogen-bond donors (Lipinski definition) is 3. The summed E-state index contributed by atoms with van der Waals surface area (Å²) >= 11 is 0. The maximum atomic E-state index is 10.0. The Bertz CT molecular complexity index is 401. The van der Waals surface area contributed by atoms with Gasteiger partial charge in [-0.15, -0.1) is 0 Å². The molecule has 0 atom stereocenters. The van der Waals surface area contributed by atoms with E-state index in [1.54, 1.807) is 12.3 Å². The van der Waals surface area contributed by atoms with E-state index in [-0.39, 0.29) is 11.6 Å². The molecular weight excluding hydrogens is 200 g/mol. The number of carboxylic acids is 1. The van der Waals surface area contributed by atoms with Crippen LogP contribution in [0.15, 0.2) is 31.1 Å². The van der Waals surface area contributed by atoms with Crippen LogP contribution in [-0.2, 0) is 0 Å². The molecule has 0 aliphatic heterocycles. The molecule has 0 amide bonds. The predicted octanol–water partition coefficient (Wildman–Crippen LogP) is 0.290. The van der Waals surface area contributed by atoms with Crippen molar-refractivity contribution in [1.82, 2.24) is 19.9 Å². The Kier molecular flexibility index (Phi) is 3.78. The zero-order chi connectivity index (χ0) is 11.1. The van der Waals surface area contributed by atoms with Gasteiger partial charge in [-0.1, -0.05) is 0 Å². The number of aromatic nitrogens is 4. The van der Waals surface area contributed by atoms with Gasteiger partial charge in [-0.3, -0.25) is 0 Å². The van der Waals surface area contributed by atoms with Gasteiger partial charge < -0.3 is 15.2 Å². The standard InChI is InChI=1S/C4H3N3O2.C4H5NO/c8-4(9)3-6-1-5-2-7-3;6-4-1-2-5-3-4/h1-2H,(H,8,9);1-3,5-6H. The summed E-state index contributed by atoms with van der Waals surface area (Å²) in [6.07, 6.45) is 5.45. The second-order valence-electron chi connectivity index (χ2n) is 2.34. The van der Waals surface area contributed by atoms with Gasteiger partial charge >= 0.3 is 5.97 Å². The molecule has 0 bridgehead atoms. The van der Waals surface area contributed by atoms with Gasteiger partial charge in [-0.05, 0) is 6.07 Å². The van der Waals surface area contributed by atoms with Gasteiger partial charge in [0.2, 0.25) is 5.82 Å². The molecular formula is C8H8N4O3. The molecule has 2 aromatic rings. The fraction of sp³-hybridized carbons (Fsp3) is 0. The number of nitrogens with zero attached hydrogens (tertiary/aromatic N) is 3. The summed E-state index contributed by atoms with van der Waals surface area (Å²) in [7, 11) is 0. The summed E-state index contributed by atoms with van der Waals surface area (Å²) in [5, 5.41) is 16.7. The van der Waals surface area contributed by atoms with E-state index in [0.717, 1.165) is 12.7 Å². The number of H-pyrrole nitrogens is 1. The van der Waals surface area contributed by atoms with Crippen molar-refractivity contribution in [2.24, 2.45) is 0 Å². The first kappa shape index (κ1) is 10.6. The van der Waals surface area contributed by atoms with Crippen molar-refractivity contribution in [1.29, 1.82) is 0 Å². The van der Waals surface area contributed by atoms with Crippen LogP contribution in [0.4, 0.5) is 0 Å². The Hall–Kier alpha value is -2.44. The first-order valence-corrected chi connectivity index (χ1v) is 3.87. The monoisotopic (exact) mass is 208 g/mol. The molecule has 78 valence electrons. The van der Waals surface area contributed by atoms with Gasteiger partial charge in [0.15, 0.2) is 0 Å². The lowest BCUT2D eigenvalue weighted by molar-refractivity contribution is 0.0683. The zero-order valence-electron chi connectivity index (χ0n) is 7.53. The number of nitrogens with one attached hydrogen (secondary N) is 1. The van der Waals surface area contributed by atoms with Crippen molar-refractivity contribution < 1.29 is 15.0 Å². The molecule has 2 heterocycles. The van der Waals surface area contributed by atoms with Crippen LogP contribution in [0.1, 0.15) is 10.6 Å². The largest absolute Gasteiger partial charge is 0.506 e. The molecule has 7 heteroatoms. The van der Waals surface area contributed by atoms with Crippen molar-refractivity contribution in [2.45, 2.75) is 0 Å². The molecule has 3 N–H and O–H groups in total. The number of aromatic carboxylic acids is 1. The molecule has 0 fully saturated rings. The maximum Gasteiger partial charge on any atom is 0.374 e. The molecule has 0 aliphatic carbocycles. The van der Waals surface area contributed by atoms with Gasteiger partial charge in [0, 0.05) is 12.4 Å². The van der Waals surface area contributed by atoms with Gasteiger partial charge in [-0.25, -0.2) is 19.7 Å². The Morgan fingerprint density at radius 2 is 2.00 bits per heavy atom. The van der Waals surface area contributed by atoms with E-state index < -0.39 is 5.97 Å². The van der Waals surface area contributed by atoms with Crippen LogP contribution in [0.5, 0.6) is 5.75 Å². The van der Waals surface area contributed by atoms with E-state index in [1.165, 1.54) is 6.20 Å². The average Bonchev–Trinajstić information content (AvgIpc) is 2.71. The van der Waals surface area contributed by atoms with Crippen LogP contribution >= 0.6 is 0 Å². The van der Waals surface area contributed by atoms with E-state index in [9.17, 15) is 4.79 Å². The lowest BCUT2D eigenvalue weighted by Gasteiger charge is -1.85. The maximum absolute atomic E-state index is 10.0. The summed E-state index contributed by atoms with van der Waals surface area (Å²) < 4.78 is 0. The normalized spacial score (nSPS) is 8.80. The second-order valence-corrected chi connectivity index (χ2v) is 2.34. The lowest BCUT2D eigenvalue weighted by Crippen LogP contribution is -2.02. The number of carbonyl (C=O) groups is 1. The van der Waals surface area contributed by atoms with E-state index in [0.29, 0.717) is 0 Å². The highest BCUT2D eigenvalue weighted by molar-refractivity contribution is 5.82.